The number of nitrogens with zero attached hydrogens (tertiary/aromatic N) is 3. The molecule has 1 aromatic heterocycles. The molecule has 0 amide bonds. The molecule has 0 aromatic carbocycles. The molecule has 0 saturated carbocycles. The number of hydrogen-bond donors (Lipinski definition) is 1. The summed E-state index contributed by atoms with van der Waals surface area (Å²) >= 11 is 1.80. The molecule has 0 bridgehead atoms. The minimum atomic E-state index is 0. The Hall–Kier alpha value is -0.410. The summed E-state index contributed by atoms with van der Waals surface area (Å²) in [5.41, 5.74) is 1.55. The maximum Gasteiger partial charge on any atom is 0.193 e. The number of aryl methyl sites for hydroxylation is 2. The lowest BCUT2D eigenvalue weighted by Gasteiger charge is -2.24. The van der Waals surface area contributed by atoms with Crippen molar-refractivity contribution in [3.63, 3.8) is 0 Å². The van der Waals surface area contributed by atoms with Gasteiger partial charge in [0.05, 0.1) is 17.3 Å². The standard InChI is InChI=1S/C16H26N4OS.HI/c1-12-14(22-13(2)19-12)4-7-18-15(17-3)20-8-5-16(10-20)6-9-21-11-16;/h4-11H2,1-3H3,(H,17,18);1H. The highest BCUT2D eigenvalue weighted by Crippen LogP contribution is 2.38. The molecular weight excluding hydrogens is 423 g/mol. The van der Waals surface area contributed by atoms with Crippen LogP contribution in [0.25, 0.3) is 0 Å². The van der Waals surface area contributed by atoms with Crippen molar-refractivity contribution in [1.29, 1.82) is 0 Å². The minimum absolute atomic E-state index is 0. The maximum absolute atomic E-state index is 5.61. The van der Waals surface area contributed by atoms with Crippen molar-refractivity contribution in [2.24, 2.45) is 10.4 Å². The van der Waals surface area contributed by atoms with Gasteiger partial charge in [0.15, 0.2) is 5.96 Å². The molecule has 3 heterocycles. The smallest absolute Gasteiger partial charge is 0.193 e. The molecule has 0 aliphatic carbocycles. The molecule has 130 valence electrons. The van der Waals surface area contributed by atoms with E-state index >= 15 is 0 Å². The third kappa shape index (κ3) is 4.36. The summed E-state index contributed by atoms with van der Waals surface area (Å²) in [7, 11) is 1.88. The van der Waals surface area contributed by atoms with Gasteiger partial charge in [0.25, 0.3) is 0 Å². The molecule has 7 heteroatoms. The van der Waals surface area contributed by atoms with E-state index in [9.17, 15) is 0 Å². The van der Waals surface area contributed by atoms with Gasteiger partial charge in [0, 0.05) is 50.0 Å². The van der Waals surface area contributed by atoms with Gasteiger partial charge in [-0.05, 0) is 26.7 Å². The minimum Gasteiger partial charge on any atom is -0.381 e. The lowest BCUT2D eigenvalue weighted by Crippen LogP contribution is -2.42. The van der Waals surface area contributed by atoms with Crippen LogP contribution in [0, 0.1) is 19.3 Å². The number of nitrogens with one attached hydrogen (secondary N) is 1. The average molecular weight is 450 g/mol. The van der Waals surface area contributed by atoms with Crippen LogP contribution >= 0.6 is 35.3 Å². The largest absolute Gasteiger partial charge is 0.381 e. The van der Waals surface area contributed by atoms with Crippen molar-refractivity contribution in [3.8, 4) is 0 Å². The second-order valence-electron chi connectivity index (χ2n) is 6.44. The molecule has 2 aliphatic rings. The Balaban J connectivity index is 0.00000192. The third-order valence-corrected chi connectivity index (χ3v) is 5.90. The molecule has 3 rings (SSSR count). The van der Waals surface area contributed by atoms with Crippen molar-refractivity contribution in [3.05, 3.63) is 15.6 Å². The van der Waals surface area contributed by atoms with Crippen LogP contribution in [-0.4, -0.2) is 55.7 Å². The van der Waals surface area contributed by atoms with Crippen LogP contribution in [0.15, 0.2) is 4.99 Å². The van der Waals surface area contributed by atoms with E-state index in [4.69, 9.17) is 4.74 Å². The zero-order valence-corrected chi connectivity index (χ0v) is 17.4. The number of halogens is 1. The molecule has 2 saturated heterocycles. The van der Waals surface area contributed by atoms with E-state index in [1.54, 1.807) is 11.3 Å². The summed E-state index contributed by atoms with van der Waals surface area (Å²) in [6.07, 6.45) is 3.43. The van der Waals surface area contributed by atoms with E-state index in [0.717, 1.165) is 50.2 Å². The van der Waals surface area contributed by atoms with Crippen molar-refractivity contribution in [2.45, 2.75) is 33.1 Å². The highest BCUT2D eigenvalue weighted by molar-refractivity contribution is 14.0. The monoisotopic (exact) mass is 450 g/mol. The zero-order chi connectivity index (χ0) is 15.6. The summed E-state index contributed by atoms with van der Waals surface area (Å²) < 4.78 is 5.61. The third-order valence-electron chi connectivity index (χ3n) is 4.77. The van der Waals surface area contributed by atoms with Crippen LogP contribution in [-0.2, 0) is 11.2 Å². The Kier molecular flexibility index (Phi) is 6.67. The van der Waals surface area contributed by atoms with Gasteiger partial charge < -0.3 is 15.0 Å². The van der Waals surface area contributed by atoms with Gasteiger partial charge in [-0.1, -0.05) is 0 Å². The van der Waals surface area contributed by atoms with E-state index in [1.807, 2.05) is 7.05 Å². The summed E-state index contributed by atoms with van der Waals surface area (Å²) in [5.74, 6) is 1.03. The first-order chi connectivity index (χ1) is 10.6. The molecule has 1 spiro atoms. The van der Waals surface area contributed by atoms with Crippen LogP contribution in [0.1, 0.15) is 28.4 Å². The summed E-state index contributed by atoms with van der Waals surface area (Å²) in [6, 6.07) is 0. The van der Waals surface area contributed by atoms with Crippen molar-refractivity contribution < 1.29 is 4.74 Å². The fraction of sp³-hybridized carbons (Fsp3) is 0.750. The van der Waals surface area contributed by atoms with Crippen molar-refractivity contribution >= 4 is 41.3 Å². The predicted octanol–water partition coefficient (Wildman–Crippen LogP) is 2.61. The van der Waals surface area contributed by atoms with Crippen molar-refractivity contribution in [1.82, 2.24) is 15.2 Å². The number of aliphatic imine (C=N–C) groups is 1. The number of likely N-dealkylation sites (tertiary alicyclic amines) is 1. The topological polar surface area (TPSA) is 49.8 Å². The summed E-state index contributed by atoms with van der Waals surface area (Å²) in [4.78, 5) is 12.7. The number of thiazole rings is 1. The second kappa shape index (κ2) is 8.11. The average Bonchev–Trinajstić information content (AvgIpc) is 3.19. The Bertz CT molecular complexity index is 554. The number of hydrogen-bond acceptors (Lipinski definition) is 4. The number of ether oxygens (including phenoxy) is 1. The van der Waals surface area contributed by atoms with Crippen molar-refractivity contribution in [2.75, 3.05) is 39.9 Å². The molecule has 2 aliphatic heterocycles. The molecular formula is C16H27IN4OS. The molecule has 2 fully saturated rings. The quantitative estimate of drug-likeness (QED) is 0.437. The highest BCUT2D eigenvalue weighted by atomic mass is 127. The van der Waals surface area contributed by atoms with Crippen LogP contribution < -0.4 is 5.32 Å². The van der Waals surface area contributed by atoms with E-state index in [1.165, 1.54) is 23.4 Å². The fourth-order valence-electron chi connectivity index (χ4n) is 3.51. The summed E-state index contributed by atoms with van der Waals surface area (Å²) in [6.45, 7) is 9.07. The van der Waals surface area contributed by atoms with Gasteiger partial charge >= 0.3 is 0 Å². The zero-order valence-electron chi connectivity index (χ0n) is 14.2. The predicted molar refractivity (Wildman–Crippen MR) is 106 cm³/mol. The first-order valence-electron chi connectivity index (χ1n) is 8.08. The highest BCUT2D eigenvalue weighted by Gasteiger charge is 2.42. The molecule has 1 unspecified atom stereocenters. The van der Waals surface area contributed by atoms with Gasteiger partial charge in [-0.15, -0.1) is 35.3 Å². The van der Waals surface area contributed by atoms with Gasteiger partial charge in [-0.2, -0.15) is 0 Å². The Morgan fingerprint density at radius 3 is 2.87 bits per heavy atom. The first kappa shape index (κ1) is 18.9. The van der Waals surface area contributed by atoms with Gasteiger partial charge in [0.2, 0.25) is 0 Å². The molecule has 0 radical (unpaired) electrons. The van der Waals surface area contributed by atoms with Crippen LogP contribution in [0.5, 0.6) is 0 Å². The van der Waals surface area contributed by atoms with E-state index in [-0.39, 0.29) is 24.0 Å². The Morgan fingerprint density at radius 2 is 2.26 bits per heavy atom. The Morgan fingerprint density at radius 1 is 1.43 bits per heavy atom. The molecule has 1 aromatic rings. The van der Waals surface area contributed by atoms with E-state index in [2.05, 4.69) is 34.0 Å². The second-order valence-corrected chi connectivity index (χ2v) is 7.73. The summed E-state index contributed by atoms with van der Waals surface area (Å²) in [5, 5.41) is 4.67. The maximum atomic E-state index is 5.61. The van der Waals surface area contributed by atoms with Gasteiger partial charge in [-0.3, -0.25) is 4.99 Å². The van der Waals surface area contributed by atoms with Crippen LogP contribution in [0.3, 0.4) is 0 Å². The fourth-order valence-corrected chi connectivity index (χ4v) is 4.45. The lowest BCUT2D eigenvalue weighted by molar-refractivity contribution is 0.156. The molecule has 1 atom stereocenters. The lowest BCUT2D eigenvalue weighted by atomic mass is 9.87. The molecule has 23 heavy (non-hydrogen) atoms. The van der Waals surface area contributed by atoms with E-state index in [0.29, 0.717) is 5.41 Å². The van der Waals surface area contributed by atoms with Gasteiger partial charge in [0.1, 0.15) is 0 Å². The first-order valence-corrected chi connectivity index (χ1v) is 8.90. The van der Waals surface area contributed by atoms with Crippen LogP contribution in [0.2, 0.25) is 0 Å². The van der Waals surface area contributed by atoms with Gasteiger partial charge in [-0.25, -0.2) is 4.98 Å². The number of aromatic nitrogens is 1. The number of rotatable bonds is 3. The van der Waals surface area contributed by atoms with E-state index < -0.39 is 0 Å². The molecule has 1 N–H and O–H groups in total. The van der Waals surface area contributed by atoms with Crippen LogP contribution in [0.4, 0.5) is 0 Å². The SMILES string of the molecule is CN=C(NCCc1sc(C)nc1C)N1CCC2(CCOC2)C1.I. The molecule has 5 nitrogen and oxygen atoms in total. The Labute approximate surface area is 159 Å². The number of guanidine groups is 1. The normalized spacial score (nSPS) is 24.3.